The molecule has 3 aliphatic rings. The van der Waals surface area contributed by atoms with Gasteiger partial charge in [0.2, 0.25) is 0 Å². The molecule has 5 rings (SSSR count). The van der Waals surface area contributed by atoms with Crippen LogP contribution in [0.25, 0.3) is 0 Å². The van der Waals surface area contributed by atoms with Crippen molar-refractivity contribution in [3.05, 3.63) is 87.5 Å². The number of Topliss-reactive ketones (excluding diaryl/α,β-unsaturated/α-hetero) is 1. The third-order valence-corrected chi connectivity index (χ3v) is 7.48. The van der Waals surface area contributed by atoms with Crippen LogP contribution in [-0.4, -0.2) is 22.8 Å². The molecule has 2 aromatic rings. The topological polar surface area (TPSA) is 68.3 Å². The zero-order valence-corrected chi connectivity index (χ0v) is 20.1. The van der Waals surface area contributed by atoms with E-state index in [9.17, 15) is 9.59 Å². The molecule has 0 unspecified atom stereocenters. The maximum absolute atomic E-state index is 13.6. The van der Waals surface area contributed by atoms with Crippen molar-refractivity contribution in [3.63, 3.8) is 0 Å². The Morgan fingerprint density at radius 3 is 2.53 bits per heavy atom. The predicted molar refractivity (Wildman–Crippen MR) is 131 cm³/mol. The summed E-state index contributed by atoms with van der Waals surface area (Å²) in [6.07, 6.45) is 9.65. The fourth-order valence-electron chi connectivity index (χ4n) is 5.56. The predicted octanol–water partition coefficient (Wildman–Crippen LogP) is 5.97. The van der Waals surface area contributed by atoms with Gasteiger partial charge in [-0.25, -0.2) is 4.79 Å². The summed E-state index contributed by atoms with van der Waals surface area (Å²) in [5.74, 6) is -0.684. The highest BCUT2D eigenvalue weighted by Gasteiger charge is 2.42. The van der Waals surface area contributed by atoms with Crippen LogP contribution in [0.15, 0.2) is 71.3 Å². The zero-order chi connectivity index (χ0) is 23.7. The second-order valence-electron chi connectivity index (χ2n) is 9.52. The number of hydrogen-bond donors (Lipinski definition) is 1. The molecule has 1 aromatic carbocycles. The Balaban J connectivity index is 1.50. The third kappa shape index (κ3) is 4.54. The van der Waals surface area contributed by atoms with E-state index in [2.05, 4.69) is 10.3 Å². The summed E-state index contributed by atoms with van der Waals surface area (Å²) in [6.45, 7) is 1.90. The lowest BCUT2D eigenvalue weighted by atomic mass is 9.72. The number of pyridine rings is 1. The van der Waals surface area contributed by atoms with Crippen LogP contribution < -0.4 is 5.32 Å². The van der Waals surface area contributed by atoms with Gasteiger partial charge in [0, 0.05) is 46.7 Å². The van der Waals surface area contributed by atoms with Crippen molar-refractivity contribution in [3.8, 4) is 0 Å². The number of benzene rings is 1. The molecule has 0 saturated heterocycles. The monoisotopic (exact) mass is 476 g/mol. The molecule has 1 aromatic heterocycles. The number of halogens is 1. The average Bonchev–Trinajstić information content (AvgIpc) is 2.84. The second kappa shape index (κ2) is 9.75. The molecule has 1 N–H and O–H groups in total. The summed E-state index contributed by atoms with van der Waals surface area (Å²) < 4.78 is 5.97. The van der Waals surface area contributed by atoms with Crippen molar-refractivity contribution in [1.29, 1.82) is 0 Å². The molecular weight excluding hydrogens is 448 g/mol. The van der Waals surface area contributed by atoms with Crippen LogP contribution in [0.2, 0.25) is 5.02 Å². The highest BCUT2D eigenvalue weighted by molar-refractivity contribution is 6.30. The van der Waals surface area contributed by atoms with E-state index in [0.717, 1.165) is 48.2 Å². The lowest BCUT2D eigenvalue weighted by molar-refractivity contribution is -0.146. The summed E-state index contributed by atoms with van der Waals surface area (Å²) in [7, 11) is 0. The normalized spacial score (nSPS) is 23.4. The Labute approximate surface area is 205 Å². The Morgan fingerprint density at radius 2 is 1.82 bits per heavy atom. The fraction of sp³-hybridized carbons (Fsp3) is 0.393. The highest BCUT2D eigenvalue weighted by Crippen LogP contribution is 2.45. The van der Waals surface area contributed by atoms with Crippen LogP contribution in [-0.2, 0) is 14.3 Å². The Bertz CT molecular complexity index is 1150. The molecule has 0 spiro atoms. The van der Waals surface area contributed by atoms with Crippen LogP contribution in [0.3, 0.4) is 0 Å². The molecule has 0 bridgehead atoms. The van der Waals surface area contributed by atoms with E-state index in [-0.39, 0.29) is 23.8 Å². The summed E-state index contributed by atoms with van der Waals surface area (Å²) in [6, 6.07) is 11.5. The number of dihydropyridines is 1. The number of carbonyl (C=O) groups is 2. The SMILES string of the molecule is CC1=C(C(=O)OC2CCCCC2)[C@@H](c2cccnc2)C2=C(C[C@@H](c3ccc(Cl)cc3)CC2=O)N1. The number of ether oxygens (including phenoxy) is 1. The van der Waals surface area contributed by atoms with E-state index >= 15 is 0 Å². The summed E-state index contributed by atoms with van der Waals surface area (Å²) in [4.78, 5) is 31.4. The molecule has 1 aliphatic heterocycles. The molecule has 1 saturated carbocycles. The molecule has 0 radical (unpaired) electrons. The first-order valence-corrected chi connectivity index (χ1v) is 12.5. The Kier molecular flexibility index (Phi) is 6.55. The molecule has 1 fully saturated rings. The minimum Gasteiger partial charge on any atom is -0.459 e. The van der Waals surface area contributed by atoms with Gasteiger partial charge in [-0.15, -0.1) is 0 Å². The average molecular weight is 477 g/mol. The Morgan fingerprint density at radius 1 is 1.06 bits per heavy atom. The van der Waals surface area contributed by atoms with Crippen LogP contribution >= 0.6 is 11.6 Å². The number of aromatic nitrogens is 1. The minimum absolute atomic E-state index is 0.0529. The van der Waals surface area contributed by atoms with Gasteiger partial charge in [-0.1, -0.05) is 36.2 Å². The van der Waals surface area contributed by atoms with E-state index in [1.165, 1.54) is 6.42 Å². The molecule has 2 aliphatic carbocycles. The highest BCUT2D eigenvalue weighted by atomic mass is 35.5. The Hall–Kier alpha value is -2.92. The van der Waals surface area contributed by atoms with E-state index in [1.54, 1.807) is 12.4 Å². The zero-order valence-electron chi connectivity index (χ0n) is 19.4. The lowest BCUT2D eigenvalue weighted by Gasteiger charge is -2.37. The van der Waals surface area contributed by atoms with Crippen LogP contribution in [0, 0.1) is 0 Å². The third-order valence-electron chi connectivity index (χ3n) is 7.23. The first-order valence-electron chi connectivity index (χ1n) is 12.1. The van der Waals surface area contributed by atoms with E-state index in [0.29, 0.717) is 29.0 Å². The van der Waals surface area contributed by atoms with Crippen LogP contribution in [0.5, 0.6) is 0 Å². The molecule has 2 atom stereocenters. The van der Waals surface area contributed by atoms with Gasteiger partial charge in [0.25, 0.3) is 0 Å². The number of hydrogen-bond acceptors (Lipinski definition) is 5. The number of allylic oxidation sites excluding steroid dienone is 3. The summed E-state index contributed by atoms with van der Waals surface area (Å²) in [5, 5.41) is 4.10. The number of carbonyl (C=O) groups excluding carboxylic acids is 2. The quantitative estimate of drug-likeness (QED) is 0.550. The van der Waals surface area contributed by atoms with Gasteiger partial charge in [-0.3, -0.25) is 9.78 Å². The summed E-state index contributed by atoms with van der Waals surface area (Å²) >= 11 is 6.07. The second-order valence-corrected chi connectivity index (χ2v) is 9.96. The maximum atomic E-state index is 13.6. The first kappa shape index (κ1) is 22.9. The molecule has 176 valence electrons. The number of nitrogens with one attached hydrogen (secondary N) is 1. The van der Waals surface area contributed by atoms with Gasteiger partial charge in [0.05, 0.1) is 5.57 Å². The first-order chi connectivity index (χ1) is 16.5. The minimum atomic E-state index is -0.472. The standard InChI is InChI=1S/C28H29ClN2O3/c1-17-25(28(33)34-22-7-3-2-4-8-22)26(19-6-5-13-30-16-19)27-23(31-17)14-20(15-24(27)32)18-9-11-21(29)12-10-18/h5-6,9-13,16,20,22,26,31H,2-4,7-8,14-15H2,1H3/t20-,26-/m1/s1. The van der Waals surface area contributed by atoms with Gasteiger partial charge < -0.3 is 10.1 Å². The number of rotatable bonds is 4. The van der Waals surface area contributed by atoms with Crippen molar-refractivity contribution in [2.24, 2.45) is 0 Å². The van der Waals surface area contributed by atoms with Crippen LogP contribution in [0.1, 0.15) is 74.8 Å². The van der Waals surface area contributed by atoms with E-state index in [4.69, 9.17) is 16.3 Å². The molecule has 6 heteroatoms. The number of ketones is 1. The van der Waals surface area contributed by atoms with E-state index < -0.39 is 5.92 Å². The molecule has 0 amide bonds. The van der Waals surface area contributed by atoms with Gasteiger partial charge in [0.15, 0.2) is 5.78 Å². The molecule has 5 nitrogen and oxygen atoms in total. The van der Waals surface area contributed by atoms with Crippen molar-refractivity contribution in [1.82, 2.24) is 10.3 Å². The van der Waals surface area contributed by atoms with Crippen molar-refractivity contribution >= 4 is 23.4 Å². The van der Waals surface area contributed by atoms with E-state index in [1.807, 2.05) is 43.3 Å². The molecule has 34 heavy (non-hydrogen) atoms. The number of esters is 1. The van der Waals surface area contributed by atoms with Crippen molar-refractivity contribution in [2.75, 3.05) is 0 Å². The van der Waals surface area contributed by atoms with Gasteiger partial charge in [-0.05, 0) is 74.3 Å². The summed E-state index contributed by atoms with van der Waals surface area (Å²) in [5.41, 5.74) is 4.75. The van der Waals surface area contributed by atoms with Crippen molar-refractivity contribution in [2.45, 2.75) is 69.8 Å². The van der Waals surface area contributed by atoms with Gasteiger partial charge >= 0.3 is 5.97 Å². The largest absolute Gasteiger partial charge is 0.459 e. The molecule has 2 heterocycles. The van der Waals surface area contributed by atoms with Crippen LogP contribution in [0.4, 0.5) is 0 Å². The fourth-order valence-corrected chi connectivity index (χ4v) is 5.68. The smallest absolute Gasteiger partial charge is 0.337 e. The van der Waals surface area contributed by atoms with Gasteiger partial charge in [0.1, 0.15) is 6.10 Å². The molecular formula is C28H29ClN2O3. The number of nitrogens with zero attached hydrogens (tertiary/aromatic N) is 1. The lowest BCUT2D eigenvalue weighted by Crippen LogP contribution is -2.37. The van der Waals surface area contributed by atoms with Crippen molar-refractivity contribution < 1.29 is 14.3 Å². The maximum Gasteiger partial charge on any atom is 0.337 e. The van der Waals surface area contributed by atoms with Gasteiger partial charge in [-0.2, -0.15) is 0 Å².